The number of thioether (sulfide) groups is 1. The molecule has 0 N–H and O–H groups in total. The fraction of sp³-hybridized carbons (Fsp3) is 0.462. The summed E-state index contributed by atoms with van der Waals surface area (Å²) in [6, 6.07) is 8.37. The first-order valence-electron chi connectivity index (χ1n) is 5.83. The highest BCUT2D eigenvalue weighted by molar-refractivity contribution is 8.00. The highest BCUT2D eigenvalue weighted by Crippen LogP contribution is 2.19. The number of hydrogen-bond acceptors (Lipinski definition) is 3. The van der Waals surface area contributed by atoms with Crippen LogP contribution in [-0.4, -0.2) is 26.4 Å². The largest absolute Gasteiger partial charge is 0.465 e. The summed E-state index contributed by atoms with van der Waals surface area (Å²) < 4.78 is 4.94. The standard InChI is InChI=1S/C13H20O2SSi/c1-5-15-13(14)10-16-11-8-6-7-9-12(11)17(2,3)4/h6-9H,5,10H2,1-4H3. The van der Waals surface area contributed by atoms with Crippen LogP contribution in [0.5, 0.6) is 0 Å². The van der Waals surface area contributed by atoms with Crippen LogP contribution in [0.25, 0.3) is 0 Å². The number of carbonyl (C=O) groups is 1. The molecule has 0 unspecified atom stereocenters. The lowest BCUT2D eigenvalue weighted by molar-refractivity contribution is -0.139. The second kappa shape index (κ2) is 6.26. The van der Waals surface area contributed by atoms with E-state index in [1.54, 1.807) is 11.8 Å². The number of rotatable bonds is 5. The van der Waals surface area contributed by atoms with Crippen molar-refractivity contribution >= 4 is 31.0 Å². The Bertz CT molecular complexity index is 385. The lowest BCUT2D eigenvalue weighted by Crippen LogP contribution is -2.38. The van der Waals surface area contributed by atoms with E-state index in [2.05, 4.69) is 37.8 Å². The van der Waals surface area contributed by atoms with Gasteiger partial charge in [0.1, 0.15) is 0 Å². The van der Waals surface area contributed by atoms with E-state index in [0.717, 1.165) is 0 Å². The molecule has 2 nitrogen and oxygen atoms in total. The Morgan fingerprint density at radius 1 is 1.29 bits per heavy atom. The van der Waals surface area contributed by atoms with Crippen LogP contribution >= 0.6 is 11.8 Å². The molecule has 0 aliphatic carbocycles. The van der Waals surface area contributed by atoms with Gasteiger partial charge in [0.05, 0.1) is 20.4 Å². The molecule has 0 aliphatic rings. The number of ether oxygens (including phenoxy) is 1. The molecule has 0 fully saturated rings. The third-order valence-electron chi connectivity index (χ3n) is 2.35. The van der Waals surface area contributed by atoms with Gasteiger partial charge in [-0.2, -0.15) is 0 Å². The van der Waals surface area contributed by atoms with E-state index in [1.165, 1.54) is 10.1 Å². The molecular weight excluding hydrogens is 248 g/mol. The summed E-state index contributed by atoms with van der Waals surface area (Å²) in [6.45, 7) is 9.23. The second-order valence-corrected chi connectivity index (χ2v) is 10.9. The summed E-state index contributed by atoms with van der Waals surface area (Å²) in [4.78, 5) is 12.6. The third kappa shape index (κ3) is 4.56. The molecule has 1 aromatic rings. The van der Waals surface area contributed by atoms with Gasteiger partial charge >= 0.3 is 5.97 Å². The molecule has 0 aliphatic heterocycles. The lowest BCUT2D eigenvalue weighted by Gasteiger charge is -2.20. The van der Waals surface area contributed by atoms with E-state index in [1.807, 2.05) is 13.0 Å². The van der Waals surface area contributed by atoms with Crippen molar-refractivity contribution in [2.24, 2.45) is 0 Å². The summed E-state index contributed by atoms with van der Waals surface area (Å²) in [7, 11) is -1.34. The molecule has 0 heterocycles. The molecule has 0 saturated heterocycles. The summed E-state index contributed by atoms with van der Waals surface area (Å²) in [5.74, 6) is 0.262. The van der Waals surface area contributed by atoms with Crippen LogP contribution in [0.15, 0.2) is 29.2 Å². The van der Waals surface area contributed by atoms with Gasteiger partial charge in [-0.25, -0.2) is 0 Å². The normalized spacial score (nSPS) is 11.3. The van der Waals surface area contributed by atoms with E-state index >= 15 is 0 Å². The predicted octanol–water partition coefficient (Wildman–Crippen LogP) is 2.89. The van der Waals surface area contributed by atoms with Crippen LogP contribution < -0.4 is 5.19 Å². The minimum Gasteiger partial charge on any atom is -0.465 e. The molecule has 94 valence electrons. The molecule has 1 rings (SSSR count). The quantitative estimate of drug-likeness (QED) is 0.467. The molecule has 0 aromatic heterocycles. The maximum atomic E-state index is 11.3. The van der Waals surface area contributed by atoms with Gasteiger partial charge in [0.15, 0.2) is 0 Å². The molecule has 1 aromatic carbocycles. The summed E-state index contributed by atoms with van der Waals surface area (Å²) in [5.41, 5.74) is 0. The molecule has 17 heavy (non-hydrogen) atoms. The monoisotopic (exact) mass is 268 g/mol. The van der Waals surface area contributed by atoms with Crippen molar-refractivity contribution in [2.75, 3.05) is 12.4 Å². The minimum absolute atomic E-state index is 0.136. The predicted molar refractivity (Wildman–Crippen MR) is 76.8 cm³/mol. The van der Waals surface area contributed by atoms with E-state index in [4.69, 9.17) is 4.74 Å². The van der Waals surface area contributed by atoms with E-state index < -0.39 is 8.07 Å². The van der Waals surface area contributed by atoms with E-state index in [9.17, 15) is 4.79 Å². The van der Waals surface area contributed by atoms with Gasteiger partial charge in [-0.1, -0.05) is 37.8 Å². The average molecular weight is 268 g/mol. The lowest BCUT2D eigenvalue weighted by atomic mass is 10.4. The van der Waals surface area contributed by atoms with Crippen molar-refractivity contribution in [3.8, 4) is 0 Å². The molecule has 4 heteroatoms. The zero-order chi connectivity index (χ0) is 12.9. The van der Waals surface area contributed by atoms with Gasteiger partial charge in [0, 0.05) is 4.90 Å². The topological polar surface area (TPSA) is 26.3 Å². The molecule has 0 spiro atoms. The molecule has 0 bridgehead atoms. The number of esters is 1. The molecular formula is C13H20O2SSi. The smallest absolute Gasteiger partial charge is 0.316 e. The van der Waals surface area contributed by atoms with Crippen LogP contribution in [0.4, 0.5) is 0 Å². The van der Waals surface area contributed by atoms with E-state index in [-0.39, 0.29) is 5.97 Å². The van der Waals surface area contributed by atoms with Crippen molar-refractivity contribution in [3.63, 3.8) is 0 Å². The van der Waals surface area contributed by atoms with Gasteiger partial charge in [-0.3, -0.25) is 4.79 Å². The van der Waals surface area contributed by atoms with Gasteiger partial charge in [-0.05, 0) is 18.2 Å². The first-order valence-corrected chi connectivity index (χ1v) is 10.3. The highest BCUT2D eigenvalue weighted by Gasteiger charge is 2.20. The van der Waals surface area contributed by atoms with Gasteiger partial charge < -0.3 is 4.74 Å². The zero-order valence-electron chi connectivity index (χ0n) is 10.9. The van der Waals surface area contributed by atoms with Gasteiger partial charge in [0.2, 0.25) is 0 Å². The van der Waals surface area contributed by atoms with Crippen LogP contribution in [0.3, 0.4) is 0 Å². The maximum absolute atomic E-state index is 11.3. The van der Waals surface area contributed by atoms with Crippen LogP contribution in [0, 0.1) is 0 Å². The van der Waals surface area contributed by atoms with Crippen LogP contribution in [0.2, 0.25) is 19.6 Å². The van der Waals surface area contributed by atoms with Crippen molar-refractivity contribution in [2.45, 2.75) is 31.5 Å². The Labute approximate surface area is 109 Å². The Balaban J connectivity index is 2.74. The van der Waals surface area contributed by atoms with Crippen molar-refractivity contribution < 1.29 is 9.53 Å². The molecule has 0 saturated carbocycles. The number of benzene rings is 1. The zero-order valence-corrected chi connectivity index (χ0v) is 12.8. The van der Waals surface area contributed by atoms with Gasteiger partial charge in [-0.15, -0.1) is 11.8 Å². The van der Waals surface area contributed by atoms with E-state index in [0.29, 0.717) is 12.4 Å². The van der Waals surface area contributed by atoms with Crippen molar-refractivity contribution in [3.05, 3.63) is 24.3 Å². The Morgan fingerprint density at radius 3 is 2.53 bits per heavy atom. The first-order chi connectivity index (χ1) is 7.95. The number of hydrogen-bond donors (Lipinski definition) is 0. The SMILES string of the molecule is CCOC(=O)CSc1ccccc1[Si](C)(C)C. The first kappa shape index (κ1) is 14.3. The summed E-state index contributed by atoms with van der Waals surface area (Å²) in [5, 5.41) is 1.41. The minimum atomic E-state index is -1.34. The van der Waals surface area contributed by atoms with Gasteiger partial charge in [0.25, 0.3) is 0 Å². The fourth-order valence-electron chi connectivity index (χ4n) is 1.55. The maximum Gasteiger partial charge on any atom is 0.316 e. The van der Waals surface area contributed by atoms with Crippen molar-refractivity contribution in [1.82, 2.24) is 0 Å². The molecule has 0 radical (unpaired) electrons. The fourth-order valence-corrected chi connectivity index (χ4v) is 4.86. The Kier molecular flexibility index (Phi) is 5.27. The average Bonchev–Trinajstić information content (AvgIpc) is 2.26. The van der Waals surface area contributed by atoms with Crippen LogP contribution in [-0.2, 0) is 9.53 Å². The Morgan fingerprint density at radius 2 is 1.94 bits per heavy atom. The molecule has 0 atom stereocenters. The number of carbonyl (C=O) groups excluding carboxylic acids is 1. The third-order valence-corrected chi connectivity index (χ3v) is 5.63. The second-order valence-electron chi connectivity index (χ2n) is 4.84. The Hall–Kier alpha value is -0.743. The molecule has 0 amide bonds. The van der Waals surface area contributed by atoms with Crippen LogP contribution in [0.1, 0.15) is 6.92 Å². The van der Waals surface area contributed by atoms with Crippen molar-refractivity contribution in [1.29, 1.82) is 0 Å². The highest BCUT2D eigenvalue weighted by atomic mass is 32.2. The summed E-state index contributed by atoms with van der Waals surface area (Å²) in [6.07, 6.45) is 0. The summed E-state index contributed by atoms with van der Waals surface area (Å²) >= 11 is 1.58.